The third-order valence-corrected chi connectivity index (χ3v) is 5.63. The van der Waals surface area contributed by atoms with E-state index in [1.54, 1.807) is 5.56 Å². The molecular formula is C18H31NS. The molecule has 0 radical (unpaired) electrons. The van der Waals surface area contributed by atoms with Gasteiger partial charge in [-0.05, 0) is 81.8 Å². The molecule has 1 aromatic rings. The van der Waals surface area contributed by atoms with Gasteiger partial charge in [0.1, 0.15) is 0 Å². The van der Waals surface area contributed by atoms with Gasteiger partial charge in [-0.3, -0.25) is 0 Å². The average molecular weight is 294 g/mol. The Kier molecular flexibility index (Phi) is 5.30. The van der Waals surface area contributed by atoms with Crippen LogP contribution in [0.4, 0.5) is 0 Å². The maximum atomic E-state index is 3.73. The molecule has 0 aliphatic heterocycles. The number of nitrogens with one attached hydrogen (secondary N) is 1. The van der Waals surface area contributed by atoms with Gasteiger partial charge in [-0.25, -0.2) is 0 Å². The van der Waals surface area contributed by atoms with Crippen molar-refractivity contribution in [1.29, 1.82) is 0 Å². The fraction of sp³-hybridized carbons (Fsp3) is 0.778. The van der Waals surface area contributed by atoms with Gasteiger partial charge in [0.25, 0.3) is 0 Å². The standard InChI is InChI=1S/C18H31NS/c1-6-14-7-8-15(11-19-18(3,4)5)17(10-14)16-9-13(2)20-12-16/h9,12,14-15,17,19H,6-8,10-11H2,1-5H3. The van der Waals surface area contributed by atoms with Gasteiger partial charge in [0.15, 0.2) is 0 Å². The van der Waals surface area contributed by atoms with Gasteiger partial charge >= 0.3 is 0 Å². The summed E-state index contributed by atoms with van der Waals surface area (Å²) in [4.78, 5) is 1.46. The number of aryl methyl sites for hydroxylation is 1. The molecule has 1 saturated carbocycles. The van der Waals surface area contributed by atoms with E-state index < -0.39 is 0 Å². The first-order valence-electron chi connectivity index (χ1n) is 8.19. The maximum absolute atomic E-state index is 3.73. The van der Waals surface area contributed by atoms with Gasteiger partial charge in [-0.1, -0.05) is 19.8 Å². The zero-order valence-electron chi connectivity index (χ0n) is 13.8. The Hall–Kier alpha value is -0.340. The van der Waals surface area contributed by atoms with E-state index in [2.05, 4.69) is 51.4 Å². The van der Waals surface area contributed by atoms with Crippen molar-refractivity contribution in [3.8, 4) is 0 Å². The summed E-state index contributed by atoms with van der Waals surface area (Å²) in [6, 6.07) is 2.43. The van der Waals surface area contributed by atoms with Gasteiger partial charge < -0.3 is 5.32 Å². The van der Waals surface area contributed by atoms with Crippen LogP contribution in [0.15, 0.2) is 11.4 Å². The fourth-order valence-corrected chi connectivity index (χ4v) is 4.21. The van der Waals surface area contributed by atoms with Crippen LogP contribution in [-0.4, -0.2) is 12.1 Å². The molecular weight excluding hydrogens is 262 g/mol. The molecule has 3 atom stereocenters. The molecule has 1 fully saturated rings. The molecule has 0 saturated heterocycles. The van der Waals surface area contributed by atoms with Gasteiger partial charge in [0.05, 0.1) is 0 Å². The number of thiophene rings is 1. The molecule has 1 aromatic heterocycles. The van der Waals surface area contributed by atoms with E-state index in [1.807, 2.05) is 11.3 Å². The monoisotopic (exact) mass is 293 g/mol. The van der Waals surface area contributed by atoms with Crippen molar-refractivity contribution in [2.75, 3.05) is 6.54 Å². The van der Waals surface area contributed by atoms with Crippen molar-refractivity contribution in [3.05, 3.63) is 21.9 Å². The van der Waals surface area contributed by atoms with E-state index >= 15 is 0 Å². The summed E-state index contributed by atoms with van der Waals surface area (Å²) in [6.45, 7) is 12.6. The van der Waals surface area contributed by atoms with Crippen LogP contribution < -0.4 is 5.32 Å². The summed E-state index contributed by atoms with van der Waals surface area (Å²) in [5.74, 6) is 2.52. The van der Waals surface area contributed by atoms with Gasteiger partial charge in [0, 0.05) is 10.4 Å². The molecule has 0 aromatic carbocycles. The molecule has 1 N–H and O–H groups in total. The van der Waals surface area contributed by atoms with E-state index in [9.17, 15) is 0 Å². The quantitative estimate of drug-likeness (QED) is 0.788. The highest BCUT2D eigenvalue weighted by Gasteiger charge is 2.31. The molecule has 2 rings (SSSR count). The van der Waals surface area contributed by atoms with Crippen LogP contribution in [0.3, 0.4) is 0 Å². The SMILES string of the molecule is CCC1CCC(CNC(C)(C)C)C(c2csc(C)c2)C1. The summed E-state index contributed by atoms with van der Waals surface area (Å²) < 4.78 is 0. The molecule has 1 aliphatic carbocycles. The Morgan fingerprint density at radius 1 is 1.30 bits per heavy atom. The Balaban J connectivity index is 2.08. The summed E-state index contributed by atoms with van der Waals surface area (Å²) >= 11 is 1.91. The average Bonchev–Trinajstić information content (AvgIpc) is 2.82. The molecule has 3 unspecified atom stereocenters. The van der Waals surface area contributed by atoms with Crippen LogP contribution in [0.2, 0.25) is 0 Å². The third kappa shape index (κ3) is 4.33. The molecule has 2 heteroatoms. The zero-order valence-corrected chi connectivity index (χ0v) is 14.6. The van der Waals surface area contributed by atoms with Crippen molar-refractivity contribution in [2.45, 2.75) is 71.8 Å². The van der Waals surface area contributed by atoms with Crippen molar-refractivity contribution in [3.63, 3.8) is 0 Å². The van der Waals surface area contributed by atoms with E-state index in [1.165, 1.54) is 37.1 Å². The Bertz CT molecular complexity index is 415. The van der Waals surface area contributed by atoms with E-state index in [4.69, 9.17) is 0 Å². The summed E-state index contributed by atoms with van der Waals surface area (Å²) in [7, 11) is 0. The molecule has 1 aliphatic rings. The predicted molar refractivity (Wildman–Crippen MR) is 90.7 cm³/mol. The van der Waals surface area contributed by atoms with Crippen LogP contribution in [0.1, 0.15) is 69.7 Å². The summed E-state index contributed by atoms with van der Waals surface area (Å²) in [5, 5.41) is 6.14. The van der Waals surface area contributed by atoms with E-state index in [-0.39, 0.29) is 5.54 Å². The second-order valence-corrected chi connectivity index (χ2v) is 8.69. The van der Waals surface area contributed by atoms with Crippen LogP contribution in [0, 0.1) is 18.8 Å². The Morgan fingerprint density at radius 3 is 2.60 bits per heavy atom. The smallest absolute Gasteiger partial charge is 0.00966 e. The number of hydrogen-bond acceptors (Lipinski definition) is 2. The minimum atomic E-state index is 0.233. The van der Waals surface area contributed by atoms with Crippen LogP contribution in [0.5, 0.6) is 0 Å². The molecule has 1 heterocycles. The fourth-order valence-electron chi connectivity index (χ4n) is 3.44. The Morgan fingerprint density at radius 2 is 2.05 bits per heavy atom. The number of rotatable bonds is 4. The lowest BCUT2D eigenvalue weighted by Crippen LogP contribution is -2.41. The summed E-state index contributed by atoms with van der Waals surface area (Å²) in [6.07, 6.45) is 5.55. The highest BCUT2D eigenvalue weighted by molar-refractivity contribution is 7.10. The minimum Gasteiger partial charge on any atom is -0.312 e. The zero-order chi connectivity index (χ0) is 14.8. The molecule has 0 amide bonds. The van der Waals surface area contributed by atoms with Crippen LogP contribution >= 0.6 is 11.3 Å². The van der Waals surface area contributed by atoms with Crippen molar-refractivity contribution in [2.24, 2.45) is 11.8 Å². The van der Waals surface area contributed by atoms with Crippen LogP contribution in [0.25, 0.3) is 0 Å². The highest BCUT2D eigenvalue weighted by Crippen LogP contribution is 2.42. The minimum absolute atomic E-state index is 0.233. The summed E-state index contributed by atoms with van der Waals surface area (Å²) in [5.41, 5.74) is 1.84. The second kappa shape index (κ2) is 6.62. The Labute approximate surface area is 129 Å². The third-order valence-electron chi connectivity index (χ3n) is 4.75. The van der Waals surface area contributed by atoms with Crippen molar-refractivity contribution in [1.82, 2.24) is 5.32 Å². The predicted octanol–water partition coefficient (Wildman–Crippen LogP) is 5.35. The number of hydrogen-bond donors (Lipinski definition) is 1. The first-order valence-corrected chi connectivity index (χ1v) is 9.07. The van der Waals surface area contributed by atoms with Gasteiger partial charge in [-0.15, -0.1) is 11.3 Å². The van der Waals surface area contributed by atoms with Crippen LogP contribution in [-0.2, 0) is 0 Å². The normalized spacial score (nSPS) is 27.8. The first kappa shape index (κ1) is 16.0. The lowest BCUT2D eigenvalue weighted by molar-refractivity contribution is 0.214. The topological polar surface area (TPSA) is 12.0 Å². The largest absolute Gasteiger partial charge is 0.312 e. The van der Waals surface area contributed by atoms with E-state index in [0.717, 1.165) is 17.8 Å². The molecule has 20 heavy (non-hydrogen) atoms. The van der Waals surface area contributed by atoms with E-state index in [0.29, 0.717) is 0 Å². The highest BCUT2D eigenvalue weighted by atomic mass is 32.1. The van der Waals surface area contributed by atoms with Crippen molar-refractivity contribution < 1.29 is 0 Å². The molecule has 0 spiro atoms. The first-order chi connectivity index (χ1) is 9.39. The maximum Gasteiger partial charge on any atom is 0.00966 e. The molecule has 0 bridgehead atoms. The van der Waals surface area contributed by atoms with Gasteiger partial charge in [0.2, 0.25) is 0 Å². The van der Waals surface area contributed by atoms with Crippen molar-refractivity contribution >= 4 is 11.3 Å². The second-order valence-electron chi connectivity index (χ2n) is 7.58. The molecule has 114 valence electrons. The molecule has 1 nitrogen and oxygen atoms in total. The lowest BCUT2D eigenvalue weighted by Gasteiger charge is -2.37. The van der Waals surface area contributed by atoms with Gasteiger partial charge in [-0.2, -0.15) is 0 Å². The lowest BCUT2D eigenvalue weighted by atomic mass is 9.70.